The quantitative estimate of drug-likeness (QED) is 0.505. The summed E-state index contributed by atoms with van der Waals surface area (Å²) in [6, 6.07) is 4.24. The van der Waals surface area contributed by atoms with E-state index in [-0.39, 0.29) is 0 Å². The van der Waals surface area contributed by atoms with Crippen molar-refractivity contribution < 1.29 is 0 Å². The molecule has 3 rings (SSSR count). The average molecular weight is 156 g/mol. The van der Waals surface area contributed by atoms with Gasteiger partial charge in [-0.3, -0.25) is 0 Å². The summed E-state index contributed by atoms with van der Waals surface area (Å²) in [4.78, 5) is 2.35. The summed E-state index contributed by atoms with van der Waals surface area (Å²) in [7, 11) is 1.00. The molecule has 1 aromatic heterocycles. The largest absolute Gasteiger partial charge is 0.395 e. The zero-order valence-corrected chi connectivity index (χ0v) is 6.77. The van der Waals surface area contributed by atoms with Gasteiger partial charge in [-0.15, -0.1) is 0 Å². The summed E-state index contributed by atoms with van der Waals surface area (Å²) in [5, 5.41) is 0. The highest BCUT2D eigenvalue weighted by molar-refractivity contribution is 6.32. The lowest BCUT2D eigenvalue weighted by Crippen LogP contribution is -2.32. The van der Waals surface area contributed by atoms with Gasteiger partial charge in [0.25, 0.3) is 0 Å². The zero-order chi connectivity index (χ0) is 7.97. The lowest BCUT2D eigenvalue weighted by molar-refractivity contribution is 0.633. The van der Waals surface area contributed by atoms with Gasteiger partial charge >= 0.3 is 7.55 Å². The van der Waals surface area contributed by atoms with E-state index in [0.29, 0.717) is 0 Å². The fourth-order valence-electron chi connectivity index (χ4n) is 1.81. The fourth-order valence-corrected chi connectivity index (χ4v) is 1.81. The van der Waals surface area contributed by atoms with Crippen LogP contribution in [0.3, 0.4) is 0 Å². The van der Waals surface area contributed by atoms with E-state index in [0.717, 1.165) is 14.1 Å². The second-order valence-electron chi connectivity index (χ2n) is 3.24. The van der Waals surface area contributed by atoms with E-state index >= 15 is 0 Å². The van der Waals surface area contributed by atoms with E-state index in [1.165, 1.54) is 11.4 Å². The Kier molecular flexibility index (Phi) is 1.06. The van der Waals surface area contributed by atoms with Crippen molar-refractivity contribution >= 4 is 13.6 Å². The van der Waals surface area contributed by atoms with Crippen LogP contribution in [-0.2, 0) is 0 Å². The van der Waals surface area contributed by atoms with Crippen LogP contribution in [0.1, 0.15) is 5.69 Å². The summed E-state index contributed by atoms with van der Waals surface area (Å²) >= 11 is 0. The molecule has 0 unspecified atom stereocenters. The van der Waals surface area contributed by atoms with E-state index in [1.54, 1.807) is 0 Å². The van der Waals surface area contributed by atoms with Crippen LogP contribution in [0.15, 0.2) is 36.2 Å². The third-order valence-corrected chi connectivity index (χ3v) is 2.46. The second-order valence-corrected chi connectivity index (χ2v) is 3.24. The topological polar surface area (TPSA) is 8.17 Å². The average Bonchev–Trinajstić information content (AvgIpc) is 2.64. The smallest absolute Gasteiger partial charge is 0.361 e. The van der Waals surface area contributed by atoms with Gasteiger partial charge in [0, 0.05) is 17.9 Å². The van der Waals surface area contributed by atoms with Crippen molar-refractivity contribution in [3.63, 3.8) is 0 Å². The van der Waals surface area contributed by atoms with Crippen LogP contribution in [-0.4, -0.2) is 23.4 Å². The van der Waals surface area contributed by atoms with Crippen molar-refractivity contribution in [3.05, 3.63) is 41.9 Å². The monoisotopic (exact) mass is 156 g/mol. The van der Waals surface area contributed by atoms with Gasteiger partial charge in [-0.05, 0) is 30.5 Å². The maximum absolute atomic E-state index is 2.35. The van der Waals surface area contributed by atoms with Gasteiger partial charge < -0.3 is 9.29 Å². The van der Waals surface area contributed by atoms with Gasteiger partial charge in [-0.1, -0.05) is 6.08 Å². The van der Waals surface area contributed by atoms with Crippen LogP contribution >= 0.6 is 0 Å². The Bertz CT molecular complexity index is 376. The van der Waals surface area contributed by atoms with Crippen LogP contribution in [0, 0.1) is 0 Å². The zero-order valence-electron chi connectivity index (χ0n) is 6.77. The third-order valence-electron chi connectivity index (χ3n) is 2.46. The molecular formula is C9H9BN2. The molecule has 0 radical (unpaired) electrons. The molecule has 12 heavy (non-hydrogen) atoms. The van der Waals surface area contributed by atoms with Gasteiger partial charge in [0.15, 0.2) is 0 Å². The van der Waals surface area contributed by atoms with Gasteiger partial charge in [0.2, 0.25) is 0 Å². The lowest BCUT2D eigenvalue weighted by Gasteiger charge is -2.24. The summed E-state index contributed by atoms with van der Waals surface area (Å²) in [6.45, 7) is 1.06. The Morgan fingerprint density at radius 2 is 2.42 bits per heavy atom. The van der Waals surface area contributed by atoms with E-state index in [2.05, 4.69) is 45.8 Å². The number of hydrogen-bond donors (Lipinski definition) is 0. The summed E-state index contributed by atoms with van der Waals surface area (Å²) in [5.41, 5.74) is 2.66. The van der Waals surface area contributed by atoms with Gasteiger partial charge in [0.05, 0.1) is 0 Å². The summed E-state index contributed by atoms with van der Waals surface area (Å²) < 4.78 is 2.26. The first-order valence-electron chi connectivity index (χ1n) is 4.22. The van der Waals surface area contributed by atoms with Crippen LogP contribution in [0.2, 0.25) is 0 Å². The maximum Gasteiger partial charge on any atom is 0.361 e. The van der Waals surface area contributed by atoms with Crippen LogP contribution in [0.25, 0.3) is 6.08 Å². The first-order chi connectivity index (χ1) is 5.93. The molecule has 0 saturated carbocycles. The van der Waals surface area contributed by atoms with Gasteiger partial charge in [0.1, 0.15) is 0 Å². The molecule has 0 atom stereocenters. The minimum atomic E-state index is 1.00. The number of aromatic nitrogens is 1. The first-order valence-corrected chi connectivity index (χ1v) is 4.22. The molecule has 3 heteroatoms. The maximum atomic E-state index is 2.35. The van der Waals surface area contributed by atoms with Crippen LogP contribution in [0.5, 0.6) is 0 Å². The molecule has 3 heterocycles. The molecule has 1 aromatic rings. The molecule has 2 aliphatic rings. The fraction of sp³-hybridized carbons (Fsp3) is 0.111. The van der Waals surface area contributed by atoms with Crippen molar-refractivity contribution in [2.45, 2.75) is 0 Å². The Balaban J connectivity index is 2.14. The van der Waals surface area contributed by atoms with E-state index < -0.39 is 0 Å². The standard InChI is InChI=1S/C9H9BN2/c1-3-8-7-9-4-2-6-12(9)10-11(8)5-1/h1-5,7,10H,6H2. The minimum Gasteiger partial charge on any atom is -0.395 e. The van der Waals surface area contributed by atoms with Crippen molar-refractivity contribution in [2.75, 3.05) is 6.54 Å². The highest BCUT2D eigenvalue weighted by Crippen LogP contribution is 2.21. The number of allylic oxidation sites excluding steroid dienone is 1. The van der Waals surface area contributed by atoms with Crippen molar-refractivity contribution in [2.24, 2.45) is 0 Å². The molecule has 2 nitrogen and oxygen atoms in total. The van der Waals surface area contributed by atoms with Gasteiger partial charge in [-0.2, -0.15) is 0 Å². The molecule has 0 bridgehead atoms. The van der Waals surface area contributed by atoms with E-state index in [1.807, 2.05) is 0 Å². The second kappa shape index (κ2) is 2.06. The molecule has 0 aromatic carbocycles. The Labute approximate surface area is 72.1 Å². The molecule has 0 fully saturated rings. The Morgan fingerprint density at radius 3 is 3.42 bits per heavy atom. The van der Waals surface area contributed by atoms with Crippen molar-refractivity contribution in [1.82, 2.24) is 9.29 Å². The van der Waals surface area contributed by atoms with E-state index in [9.17, 15) is 0 Å². The Morgan fingerprint density at radius 1 is 1.42 bits per heavy atom. The molecule has 0 N–H and O–H groups in total. The highest BCUT2D eigenvalue weighted by atomic mass is 15.2. The molecule has 2 aliphatic heterocycles. The predicted molar refractivity (Wildman–Crippen MR) is 50.8 cm³/mol. The van der Waals surface area contributed by atoms with Crippen molar-refractivity contribution in [1.29, 1.82) is 0 Å². The first kappa shape index (κ1) is 6.18. The highest BCUT2D eigenvalue weighted by Gasteiger charge is 2.18. The minimum absolute atomic E-state index is 1.00. The predicted octanol–water partition coefficient (Wildman–Crippen LogP) is 0.829. The third kappa shape index (κ3) is 0.707. The SMILES string of the molecule is B1N2CC=CC2=Cc2cccn21. The molecule has 0 amide bonds. The summed E-state index contributed by atoms with van der Waals surface area (Å²) in [6.07, 6.45) is 8.75. The van der Waals surface area contributed by atoms with E-state index in [4.69, 9.17) is 0 Å². The van der Waals surface area contributed by atoms with Crippen molar-refractivity contribution in [3.8, 4) is 0 Å². The molecular weight excluding hydrogens is 147 g/mol. The molecule has 0 aliphatic carbocycles. The number of rotatable bonds is 0. The van der Waals surface area contributed by atoms with Crippen LogP contribution in [0.4, 0.5) is 0 Å². The summed E-state index contributed by atoms with van der Waals surface area (Å²) in [5.74, 6) is 0. The molecule has 58 valence electrons. The molecule has 0 spiro atoms. The van der Waals surface area contributed by atoms with Gasteiger partial charge in [-0.25, -0.2) is 0 Å². The number of fused-ring (bicyclic) bond motifs is 2. The Hall–Kier alpha value is -1.38. The number of nitrogens with zero attached hydrogens (tertiary/aromatic N) is 2. The normalized spacial score (nSPS) is 18.3. The number of hydrogen-bond acceptors (Lipinski definition) is 1. The van der Waals surface area contributed by atoms with Crippen LogP contribution < -0.4 is 0 Å². The lowest BCUT2D eigenvalue weighted by atomic mass is 10.0. The molecule has 0 saturated heterocycles.